The Hall–Kier alpha value is -1.95. The van der Waals surface area contributed by atoms with Crippen molar-refractivity contribution in [3.8, 4) is 0 Å². The Morgan fingerprint density at radius 3 is 2.76 bits per heavy atom. The van der Waals surface area contributed by atoms with Crippen molar-refractivity contribution in [1.82, 2.24) is 24.4 Å². The molecule has 2 aliphatic rings. The molecule has 1 atom stereocenters. The van der Waals surface area contributed by atoms with Gasteiger partial charge in [0.25, 0.3) is 5.91 Å². The van der Waals surface area contributed by atoms with E-state index in [1.807, 2.05) is 10.7 Å². The van der Waals surface area contributed by atoms with Crippen LogP contribution in [0.15, 0.2) is 18.5 Å². The molecule has 134 valence electrons. The number of amides is 1. The molecule has 2 fully saturated rings. The molecule has 0 aromatic carbocycles. The van der Waals surface area contributed by atoms with Crippen LogP contribution in [0.5, 0.6) is 0 Å². The maximum absolute atomic E-state index is 12.4. The summed E-state index contributed by atoms with van der Waals surface area (Å²) >= 11 is 0. The highest BCUT2D eigenvalue weighted by Gasteiger charge is 2.30. The van der Waals surface area contributed by atoms with E-state index in [0.29, 0.717) is 17.1 Å². The topological polar surface area (TPSA) is 53.7 Å². The molecule has 1 aliphatic carbocycles. The summed E-state index contributed by atoms with van der Waals surface area (Å²) in [5.41, 5.74) is 2.44. The number of piperidine rings is 1. The smallest absolute Gasteiger partial charge is 0.258 e. The van der Waals surface area contributed by atoms with Gasteiger partial charge in [0.05, 0.1) is 11.9 Å². The van der Waals surface area contributed by atoms with Gasteiger partial charge in [-0.05, 0) is 38.3 Å². The zero-order chi connectivity index (χ0) is 17.4. The number of likely N-dealkylation sites (tertiary alicyclic amines) is 1. The van der Waals surface area contributed by atoms with Gasteiger partial charge in [0, 0.05) is 38.8 Å². The number of nitrogens with zero attached hydrogens (tertiary/aromatic N) is 5. The Balaban J connectivity index is 1.63. The van der Waals surface area contributed by atoms with Gasteiger partial charge in [-0.25, -0.2) is 9.50 Å². The van der Waals surface area contributed by atoms with Crippen LogP contribution in [-0.2, 0) is 0 Å². The van der Waals surface area contributed by atoms with Gasteiger partial charge in [0.1, 0.15) is 5.56 Å². The predicted molar refractivity (Wildman–Crippen MR) is 96.8 cm³/mol. The molecule has 1 amide bonds. The van der Waals surface area contributed by atoms with Crippen LogP contribution < -0.4 is 0 Å². The van der Waals surface area contributed by atoms with E-state index in [1.165, 1.54) is 50.8 Å². The standard InChI is InChI=1S/C19H27N5O/c1-22(2)19(25)16-12-21-24-17(9-10-20-18(16)24)14-6-5-11-23(13-14)15-7-3-4-8-15/h9-10,12,14-15H,3-8,11,13H2,1-2H3/t14-/m0/s1. The number of hydrogen-bond acceptors (Lipinski definition) is 4. The van der Waals surface area contributed by atoms with Crippen molar-refractivity contribution in [3.05, 3.63) is 29.7 Å². The fourth-order valence-corrected chi connectivity index (χ4v) is 4.46. The first kappa shape index (κ1) is 16.5. The van der Waals surface area contributed by atoms with E-state index < -0.39 is 0 Å². The molecule has 1 aliphatic heterocycles. The monoisotopic (exact) mass is 341 g/mol. The van der Waals surface area contributed by atoms with Gasteiger partial charge in [-0.15, -0.1) is 0 Å². The molecular formula is C19H27N5O. The normalized spacial score (nSPS) is 22.6. The van der Waals surface area contributed by atoms with E-state index in [0.717, 1.165) is 12.6 Å². The molecule has 6 heteroatoms. The third kappa shape index (κ3) is 3.03. The first-order valence-corrected chi connectivity index (χ1v) is 9.43. The van der Waals surface area contributed by atoms with E-state index in [-0.39, 0.29) is 5.91 Å². The first-order chi connectivity index (χ1) is 12.1. The lowest BCUT2D eigenvalue weighted by atomic mass is 9.93. The molecule has 6 nitrogen and oxygen atoms in total. The van der Waals surface area contributed by atoms with Crippen LogP contribution in [0.2, 0.25) is 0 Å². The summed E-state index contributed by atoms with van der Waals surface area (Å²) in [7, 11) is 3.52. The van der Waals surface area contributed by atoms with Crippen LogP contribution in [0.1, 0.15) is 60.5 Å². The average Bonchev–Trinajstić information content (AvgIpc) is 3.30. The second-order valence-corrected chi connectivity index (χ2v) is 7.64. The summed E-state index contributed by atoms with van der Waals surface area (Å²) < 4.78 is 1.89. The largest absolute Gasteiger partial charge is 0.345 e. The highest BCUT2D eigenvalue weighted by atomic mass is 16.2. The van der Waals surface area contributed by atoms with E-state index in [1.54, 1.807) is 25.2 Å². The fourth-order valence-electron chi connectivity index (χ4n) is 4.46. The molecule has 0 unspecified atom stereocenters. The molecule has 0 bridgehead atoms. The Kier molecular flexibility index (Phi) is 4.46. The van der Waals surface area contributed by atoms with Gasteiger partial charge in [-0.1, -0.05) is 12.8 Å². The molecule has 25 heavy (non-hydrogen) atoms. The Morgan fingerprint density at radius 2 is 2.00 bits per heavy atom. The lowest BCUT2D eigenvalue weighted by Crippen LogP contribution is -2.41. The maximum atomic E-state index is 12.4. The minimum absolute atomic E-state index is 0.0455. The molecule has 1 saturated heterocycles. The molecule has 4 rings (SSSR count). The highest BCUT2D eigenvalue weighted by Crippen LogP contribution is 2.32. The summed E-state index contributed by atoms with van der Waals surface area (Å²) in [4.78, 5) is 21.1. The van der Waals surface area contributed by atoms with Crippen molar-refractivity contribution in [1.29, 1.82) is 0 Å². The van der Waals surface area contributed by atoms with Gasteiger partial charge in [0.2, 0.25) is 0 Å². The molecule has 3 heterocycles. The Bertz CT molecular complexity index is 762. The number of carbonyl (C=O) groups excluding carboxylic acids is 1. The van der Waals surface area contributed by atoms with Gasteiger partial charge < -0.3 is 4.90 Å². The number of carbonyl (C=O) groups is 1. The summed E-state index contributed by atoms with van der Waals surface area (Å²) in [5, 5.41) is 4.51. The predicted octanol–water partition coefficient (Wildman–Crippen LogP) is 2.55. The number of fused-ring (bicyclic) bond motifs is 1. The van der Waals surface area contributed by atoms with Crippen molar-refractivity contribution >= 4 is 11.6 Å². The molecule has 1 saturated carbocycles. The van der Waals surface area contributed by atoms with Crippen LogP contribution in [0.3, 0.4) is 0 Å². The van der Waals surface area contributed by atoms with Gasteiger partial charge in [0.15, 0.2) is 5.65 Å². The van der Waals surface area contributed by atoms with Crippen LogP contribution in [0, 0.1) is 0 Å². The SMILES string of the molecule is CN(C)C(=O)c1cnn2c([C@H]3CCCN(C4CCCC4)C3)ccnc12. The minimum atomic E-state index is -0.0455. The van der Waals surface area contributed by atoms with Gasteiger partial charge in [-0.3, -0.25) is 9.69 Å². The van der Waals surface area contributed by atoms with E-state index in [2.05, 4.69) is 21.0 Å². The quantitative estimate of drug-likeness (QED) is 0.861. The van der Waals surface area contributed by atoms with E-state index >= 15 is 0 Å². The Morgan fingerprint density at radius 1 is 1.20 bits per heavy atom. The lowest BCUT2D eigenvalue weighted by molar-refractivity contribution is 0.0829. The molecular weight excluding hydrogens is 314 g/mol. The van der Waals surface area contributed by atoms with Crippen LogP contribution in [-0.4, -0.2) is 63.5 Å². The zero-order valence-electron chi connectivity index (χ0n) is 15.2. The van der Waals surface area contributed by atoms with Gasteiger partial charge >= 0.3 is 0 Å². The lowest BCUT2D eigenvalue weighted by Gasteiger charge is -2.36. The zero-order valence-corrected chi connectivity index (χ0v) is 15.2. The third-order valence-corrected chi connectivity index (χ3v) is 5.78. The van der Waals surface area contributed by atoms with Crippen LogP contribution >= 0.6 is 0 Å². The summed E-state index contributed by atoms with van der Waals surface area (Å²) in [5.74, 6) is 0.415. The van der Waals surface area contributed by atoms with Crippen molar-refractivity contribution in [3.63, 3.8) is 0 Å². The molecule has 0 radical (unpaired) electrons. The third-order valence-electron chi connectivity index (χ3n) is 5.78. The molecule has 0 spiro atoms. The number of rotatable bonds is 3. The van der Waals surface area contributed by atoms with Crippen LogP contribution in [0.25, 0.3) is 5.65 Å². The van der Waals surface area contributed by atoms with Gasteiger partial charge in [-0.2, -0.15) is 5.10 Å². The van der Waals surface area contributed by atoms with E-state index in [9.17, 15) is 4.79 Å². The fraction of sp³-hybridized carbons (Fsp3) is 0.632. The second-order valence-electron chi connectivity index (χ2n) is 7.64. The number of hydrogen-bond donors (Lipinski definition) is 0. The summed E-state index contributed by atoms with van der Waals surface area (Å²) in [6.07, 6.45) is 11.3. The number of aromatic nitrogens is 3. The molecule has 0 N–H and O–H groups in total. The summed E-state index contributed by atoms with van der Waals surface area (Å²) in [6, 6.07) is 2.84. The average molecular weight is 341 g/mol. The molecule has 2 aromatic heterocycles. The van der Waals surface area contributed by atoms with Crippen molar-refractivity contribution in [2.75, 3.05) is 27.2 Å². The Labute approximate surface area is 148 Å². The van der Waals surface area contributed by atoms with Crippen molar-refractivity contribution < 1.29 is 4.79 Å². The maximum Gasteiger partial charge on any atom is 0.258 e. The van der Waals surface area contributed by atoms with Crippen molar-refractivity contribution in [2.45, 2.75) is 50.5 Å². The van der Waals surface area contributed by atoms with E-state index in [4.69, 9.17) is 0 Å². The van der Waals surface area contributed by atoms with Crippen LogP contribution in [0.4, 0.5) is 0 Å². The minimum Gasteiger partial charge on any atom is -0.345 e. The second kappa shape index (κ2) is 6.75. The first-order valence-electron chi connectivity index (χ1n) is 9.43. The highest BCUT2D eigenvalue weighted by molar-refractivity contribution is 5.99. The molecule has 2 aromatic rings. The van der Waals surface area contributed by atoms with Crippen molar-refractivity contribution in [2.24, 2.45) is 0 Å². The summed E-state index contributed by atoms with van der Waals surface area (Å²) in [6.45, 7) is 2.32.